The SMILES string of the molecule is Cn1nc(C(F)(F)F)cc1-c1n[nH]c(=S)n1C. The number of aromatic nitrogens is 5. The van der Waals surface area contributed by atoms with Crippen molar-refractivity contribution >= 4 is 12.2 Å². The molecule has 0 fully saturated rings. The summed E-state index contributed by atoms with van der Waals surface area (Å²) in [5.74, 6) is 0.306. The van der Waals surface area contributed by atoms with Crippen LogP contribution in [0.25, 0.3) is 11.5 Å². The normalized spacial score (nSPS) is 12.1. The number of hydrogen-bond donors (Lipinski definition) is 1. The van der Waals surface area contributed by atoms with Crippen molar-refractivity contribution in [1.82, 2.24) is 24.5 Å². The minimum Gasteiger partial charge on any atom is -0.302 e. The molecule has 0 radical (unpaired) electrons. The van der Waals surface area contributed by atoms with Gasteiger partial charge >= 0.3 is 6.18 Å². The van der Waals surface area contributed by atoms with Crippen LogP contribution in [0.15, 0.2) is 6.07 Å². The van der Waals surface area contributed by atoms with Gasteiger partial charge in [0.1, 0.15) is 5.69 Å². The molecule has 9 heteroatoms. The van der Waals surface area contributed by atoms with Gasteiger partial charge in [-0.15, -0.1) is 0 Å². The molecular formula is C8H8F3N5S. The third-order valence-electron chi connectivity index (χ3n) is 2.28. The lowest BCUT2D eigenvalue weighted by Gasteiger charge is -1.99. The first-order chi connectivity index (χ1) is 7.80. The highest BCUT2D eigenvalue weighted by atomic mass is 32.1. The second-order valence-electron chi connectivity index (χ2n) is 3.45. The van der Waals surface area contributed by atoms with E-state index >= 15 is 0 Å². The van der Waals surface area contributed by atoms with Crippen LogP contribution in [0.3, 0.4) is 0 Å². The quantitative estimate of drug-likeness (QED) is 0.799. The molecule has 2 aromatic heterocycles. The van der Waals surface area contributed by atoms with Crippen molar-refractivity contribution in [3.05, 3.63) is 16.5 Å². The predicted octanol–water partition coefficient (Wildman–Crippen LogP) is 1.90. The van der Waals surface area contributed by atoms with E-state index in [1.807, 2.05) is 0 Å². The van der Waals surface area contributed by atoms with Crippen molar-refractivity contribution in [2.75, 3.05) is 0 Å². The molecule has 0 aliphatic heterocycles. The van der Waals surface area contributed by atoms with Crippen LogP contribution in [0.4, 0.5) is 13.2 Å². The van der Waals surface area contributed by atoms with E-state index in [-0.39, 0.29) is 5.69 Å². The molecule has 0 aliphatic rings. The fourth-order valence-electron chi connectivity index (χ4n) is 1.39. The number of halogens is 3. The average molecular weight is 263 g/mol. The summed E-state index contributed by atoms with van der Waals surface area (Å²) < 4.78 is 40.3. The van der Waals surface area contributed by atoms with Crippen LogP contribution >= 0.6 is 12.2 Å². The van der Waals surface area contributed by atoms with Crippen LogP contribution in [0.5, 0.6) is 0 Å². The Bertz CT molecular complexity index is 605. The Morgan fingerprint density at radius 3 is 2.41 bits per heavy atom. The maximum absolute atomic E-state index is 12.5. The zero-order chi connectivity index (χ0) is 12.8. The topological polar surface area (TPSA) is 51.4 Å². The lowest BCUT2D eigenvalue weighted by Crippen LogP contribution is -2.06. The van der Waals surface area contributed by atoms with E-state index in [9.17, 15) is 13.2 Å². The van der Waals surface area contributed by atoms with Crippen molar-refractivity contribution in [2.45, 2.75) is 6.18 Å². The third kappa shape index (κ3) is 1.97. The zero-order valence-corrected chi connectivity index (χ0v) is 9.72. The van der Waals surface area contributed by atoms with Gasteiger partial charge < -0.3 is 4.57 Å². The first kappa shape index (κ1) is 11.8. The Morgan fingerprint density at radius 2 is 2.00 bits per heavy atom. The number of nitrogens with zero attached hydrogens (tertiary/aromatic N) is 4. The summed E-state index contributed by atoms with van der Waals surface area (Å²) in [6.07, 6.45) is -4.47. The van der Waals surface area contributed by atoms with E-state index in [1.54, 1.807) is 7.05 Å². The molecule has 0 aliphatic carbocycles. The maximum atomic E-state index is 12.5. The van der Waals surface area contributed by atoms with Gasteiger partial charge in [0.25, 0.3) is 0 Å². The molecule has 0 bridgehead atoms. The number of nitrogens with one attached hydrogen (secondary N) is 1. The van der Waals surface area contributed by atoms with Crippen LogP contribution in [-0.4, -0.2) is 24.5 Å². The molecule has 0 unspecified atom stereocenters. The average Bonchev–Trinajstić information content (AvgIpc) is 2.72. The number of alkyl halides is 3. The monoisotopic (exact) mass is 263 g/mol. The molecule has 2 heterocycles. The predicted molar refractivity (Wildman–Crippen MR) is 55.6 cm³/mol. The molecule has 0 atom stereocenters. The molecule has 2 rings (SSSR count). The number of rotatable bonds is 1. The van der Waals surface area contributed by atoms with Crippen LogP contribution < -0.4 is 0 Å². The van der Waals surface area contributed by atoms with E-state index in [2.05, 4.69) is 15.3 Å². The largest absolute Gasteiger partial charge is 0.435 e. The molecular weight excluding hydrogens is 255 g/mol. The number of hydrogen-bond acceptors (Lipinski definition) is 3. The fraction of sp³-hybridized carbons (Fsp3) is 0.375. The van der Waals surface area contributed by atoms with Crippen molar-refractivity contribution in [1.29, 1.82) is 0 Å². The summed E-state index contributed by atoms with van der Waals surface area (Å²) in [5, 5.41) is 9.76. The summed E-state index contributed by atoms with van der Waals surface area (Å²) >= 11 is 4.89. The van der Waals surface area contributed by atoms with E-state index < -0.39 is 11.9 Å². The Hall–Kier alpha value is -1.64. The summed E-state index contributed by atoms with van der Waals surface area (Å²) in [6, 6.07) is 0.935. The Balaban J connectivity index is 2.58. The first-order valence-corrected chi connectivity index (χ1v) is 4.94. The van der Waals surface area contributed by atoms with E-state index in [0.29, 0.717) is 10.6 Å². The molecule has 5 nitrogen and oxygen atoms in total. The number of aryl methyl sites for hydroxylation is 1. The Labute approximate surface area is 98.9 Å². The Kier molecular flexibility index (Phi) is 2.57. The molecule has 0 aromatic carbocycles. The number of H-pyrrole nitrogens is 1. The fourth-order valence-corrected chi connectivity index (χ4v) is 1.52. The van der Waals surface area contributed by atoms with Gasteiger partial charge in [-0.1, -0.05) is 0 Å². The molecule has 0 saturated carbocycles. The zero-order valence-electron chi connectivity index (χ0n) is 8.91. The van der Waals surface area contributed by atoms with E-state index in [0.717, 1.165) is 10.7 Å². The molecule has 0 amide bonds. The van der Waals surface area contributed by atoms with Gasteiger partial charge in [-0.05, 0) is 18.3 Å². The second-order valence-corrected chi connectivity index (χ2v) is 3.83. The highest BCUT2D eigenvalue weighted by molar-refractivity contribution is 7.71. The molecule has 17 heavy (non-hydrogen) atoms. The lowest BCUT2D eigenvalue weighted by molar-refractivity contribution is -0.141. The van der Waals surface area contributed by atoms with Crippen molar-refractivity contribution in [2.24, 2.45) is 14.1 Å². The standard InChI is InChI=1S/C8H8F3N5S/c1-15-6(12-13-7(15)17)4-3-5(8(9,10)11)14-16(4)2/h3H,1-2H3,(H,13,17). The maximum Gasteiger partial charge on any atom is 0.435 e. The summed E-state index contributed by atoms with van der Waals surface area (Å²) in [7, 11) is 3.03. The highest BCUT2D eigenvalue weighted by Crippen LogP contribution is 2.30. The lowest BCUT2D eigenvalue weighted by atomic mass is 10.3. The van der Waals surface area contributed by atoms with Gasteiger partial charge in [0.2, 0.25) is 0 Å². The second kappa shape index (κ2) is 3.69. The van der Waals surface area contributed by atoms with Gasteiger partial charge in [-0.2, -0.15) is 23.4 Å². The molecule has 2 aromatic rings. The van der Waals surface area contributed by atoms with Gasteiger partial charge in [0.15, 0.2) is 16.3 Å². The number of aromatic amines is 1. The van der Waals surface area contributed by atoms with Crippen LogP contribution in [0.2, 0.25) is 0 Å². The minimum absolute atomic E-state index is 0.243. The summed E-state index contributed by atoms with van der Waals surface area (Å²) in [4.78, 5) is 0. The van der Waals surface area contributed by atoms with Gasteiger partial charge in [-0.3, -0.25) is 9.78 Å². The van der Waals surface area contributed by atoms with Gasteiger partial charge in [-0.25, -0.2) is 0 Å². The molecule has 92 valence electrons. The molecule has 0 saturated heterocycles. The minimum atomic E-state index is -4.47. The van der Waals surface area contributed by atoms with E-state index in [4.69, 9.17) is 12.2 Å². The van der Waals surface area contributed by atoms with Gasteiger partial charge in [0.05, 0.1) is 0 Å². The third-order valence-corrected chi connectivity index (χ3v) is 2.64. The smallest absolute Gasteiger partial charge is 0.302 e. The Morgan fingerprint density at radius 1 is 1.35 bits per heavy atom. The molecule has 0 spiro atoms. The van der Waals surface area contributed by atoms with Crippen molar-refractivity contribution in [3.63, 3.8) is 0 Å². The summed E-state index contributed by atoms with van der Waals surface area (Å²) in [5.41, 5.74) is -0.712. The van der Waals surface area contributed by atoms with Crippen molar-refractivity contribution in [3.8, 4) is 11.5 Å². The van der Waals surface area contributed by atoms with Crippen molar-refractivity contribution < 1.29 is 13.2 Å². The van der Waals surface area contributed by atoms with Gasteiger partial charge in [0, 0.05) is 14.1 Å². The first-order valence-electron chi connectivity index (χ1n) is 4.53. The molecule has 1 N–H and O–H groups in total. The highest BCUT2D eigenvalue weighted by Gasteiger charge is 2.35. The van der Waals surface area contributed by atoms with Crippen LogP contribution in [0, 0.1) is 4.77 Å². The van der Waals surface area contributed by atoms with Crippen LogP contribution in [0.1, 0.15) is 5.69 Å². The van der Waals surface area contributed by atoms with E-state index in [1.165, 1.54) is 11.6 Å². The summed E-state index contributed by atoms with van der Waals surface area (Å²) in [6.45, 7) is 0. The van der Waals surface area contributed by atoms with Crippen LogP contribution in [-0.2, 0) is 20.3 Å².